The maximum Gasteiger partial charge on any atom is 0.363 e. The first kappa shape index (κ1) is 9.93. The third kappa shape index (κ3) is 1.92. The Hall–Kier alpha value is -1.61. The first-order valence-corrected chi connectivity index (χ1v) is 4.84. The number of hydrogen-bond acceptors (Lipinski definition) is 2. The molecule has 0 atom stereocenters. The molecule has 0 amide bonds. The lowest BCUT2D eigenvalue weighted by molar-refractivity contribution is 0.980. The van der Waals surface area contributed by atoms with Gasteiger partial charge in [0.15, 0.2) is 0 Å². The SMILES string of the molecule is Cc1cc(-c2ccccc2)n(Cl)c(=O)n1. The van der Waals surface area contributed by atoms with Crippen molar-refractivity contribution in [1.82, 2.24) is 9.07 Å². The van der Waals surface area contributed by atoms with Crippen molar-refractivity contribution in [3.63, 3.8) is 0 Å². The zero-order chi connectivity index (χ0) is 10.8. The van der Waals surface area contributed by atoms with Gasteiger partial charge in [0.25, 0.3) is 0 Å². The quantitative estimate of drug-likeness (QED) is 0.739. The van der Waals surface area contributed by atoms with E-state index in [4.69, 9.17) is 11.8 Å². The van der Waals surface area contributed by atoms with Crippen LogP contribution < -0.4 is 5.69 Å². The molecule has 0 aliphatic carbocycles. The molecular formula is C11H9ClN2O. The number of nitrogens with zero attached hydrogens (tertiary/aromatic N) is 2. The highest BCUT2D eigenvalue weighted by Crippen LogP contribution is 2.18. The van der Waals surface area contributed by atoms with Gasteiger partial charge < -0.3 is 0 Å². The molecule has 0 unspecified atom stereocenters. The molecule has 0 spiro atoms. The van der Waals surface area contributed by atoms with E-state index in [9.17, 15) is 4.79 Å². The molecule has 76 valence electrons. The molecule has 1 heterocycles. The van der Waals surface area contributed by atoms with Crippen molar-refractivity contribution in [2.45, 2.75) is 6.92 Å². The topological polar surface area (TPSA) is 34.9 Å². The molecule has 0 aliphatic rings. The van der Waals surface area contributed by atoms with E-state index in [1.807, 2.05) is 30.3 Å². The summed E-state index contributed by atoms with van der Waals surface area (Å²) in [7, 11) is 0. The first-order chi connectivity index (χ1) is 7.18. The molecular weight excluding hydrogens is 212 g/mol. The van der Waals surface area contributed by atoms with Crippen LogP contribution in [-0.4, -0.2) is 9.07 Å². The van der Waals surface area contributed by atoms with Crippen LogP contribution in [0.5, 0.6) is 0 Å². The van der Waals surface area contributed by atoms with Crippen LogP contribution in [-0.2, 0) is 0 Å². The van der Waals surface area contributed by atoms with E-state index in [0.717, 1.165) is 9.65 Å². The van der Waals surface area contributed by atoms with Gasteiger partial charge in [-0.1, -0.05) is 30.3 Å². The Morgan fingerprint density at radius 3 is 2.60 bits per heavy atom. The molecule has 2 aromatic rings. The summed E-state index contributed by atoms with van der Waals surface area (Å²) < 4.78 is 1.03. The Bertz CT molecular complexity index is 534. The summed E-state index contributed by atoms with van der Waals surface area (Å²) in [6, 6.07) is 11.3. The summed E-state index contributed by atoms with van der Waals surface area (Å²) >= 11 is 5.84. The van der Waals surface area contributed by atoms with Crippen LogP contribution in [0.3, 0.4) is 0 Å². The number of halogens is 1. The second-order valence-corrected chi connectivity index (χ2v) is 3.55. The van der Waals surface area contributed by atoms with Gasteiger partial charge in [0.2, 0.25) is 0 Å². The Kier molecular flexibility index (Phi) is 2.56. The predicted molar refractivity (Wildman–Crippen MR) is 59.9 cm³/mol. The van der Waals surface area contributed by atoms with Crippen LogP contribution in [0.25, 0.3) is 11.3 Å². The molecule has 0 aliphatic heterocycles. The number of hydrogen-bond donors (Lipinski definition) is 0. The highest BCUT2D eigenvalue weighted by molar-refractivity contribution is 6.16. The largest absolute Gasteiger partial charge is 0.363 e. The summed E-state index contributed by atoms with van der Waals surface area (Å²) in [6.07, 6.45) is 0. The van der Waals surface area contributed by atoms with Crippen molar-refractivity contribution in [2.24, 2.45) is 0 Å². The van der Waals surface area contributed by atoms with Crippen molar-refractivity contribution >= 4 is 11.8 Å². The lowest BCUT2D eigenvalue weighted by atomic mass is 10.1. The standard InChI is InChI=1S/C11H9ClN2O/c1-8-7-10(14(12)11(15)13-8)9-5-3-2-4-6-9/h2-7H,1H3. The fourth-order valence-electron chi connectivity index (χ4n) is 1.39. The van der Waals surface area contributed by atoms with Crippen LogP contribution in [0.1, 0.15) is 5.69 Å². The first-order valence-electron chi connectivity index (χ1n) is 4.51. The lowest BCUT2D eigenvalue weighted by Gasteiger charge is -2.05. The average Bonchev–Trinajstić information content (AvgIpc) is 2.24. The monoisotopic (exact) mass is 220 g/mol. The van der Waals surface area contributed by atoms with Crippen molar-refractivity contribution in [3.05, 3.63) is 52.6 Å². The van der Waals surface area contributed by atoms with Gasteiger partial charge in [-0.25, -0.2) is 8.88 Å². The van der Waals surface area contributed by atoms with Crippen LogP contribution in [0.4, 0.5) is 0 Å². The van der Waals surface area contributed by atoms with E-state index in [0.29, 0.717) is 11.4 Å². The molecule has 0 saturated heterocycles. The maximum absolute atomic E-state index is 11.4. The van der Waals surface area contributed by atoms with Gasteiger partial charge in [-0.15, -0.1) is 0 Å². The van der Waals surface area contributed by atoms with Crippen molar-refractivity contribution in [3.8, 4) is 11.3 Å². The number of aromatic nitrogens is 2. The molecule has 0 fully saturated rings. The smallest absolute Gasteiger partial charge is 0.244 e. The van der Waals surface area contributed by atoms with Crippen LogP contribution in [0, 0.1) is 6.92 Å². The minimum atomic E-state index is -0.449. The van der Waals surface area contributed by atoms with Crippen molar-refractivity contribution in [1.29, 1.82) is 0 Å². The lowest BCUT2D eigenvalue weighted by Crippen LogP contribution is -2.18. The second-order valence-electron chi connectivity index (χ2n) is 3.21. The number of rotatable bonds is 1. The van der Waals surface area contributed by atoms with E-state index in [1.54, 1.807) is 13.0 Å². The van der Waals surface area contributed by atoms with Crippen molar-refractivity contribution < 1.29 is 0 Å². The second kappa shape index (κ2) is 3.87. The molecule has 4 heteroatoms. The Labute approximate surface area is 92.1 Å². The average molecular weight is 221 g/mol. The highest BCUT2D eigenvalue weighted by Gasteiger charge is 2.05. The van der Waals surface area contributed by atoms with Gasteiger partial charge in [0, 0.05) is 17.5 Å². The molecule has 15 heavy (non-hydrogen) atoms. The minimum absolute atomic E-state index is 0.449. The third-order valence-electron chi connectivity index (χ3n) is 2.07. The molecule has 0 bridgehead atoms. The minimum Gasteiger partial charge on any atom is -0.244 e. The Morgan fingerprint density at radius 1 is 1.27 bits per heavy atom. The Balaban J connectivity index is 2.68. The zero-order valence-electron chi connectivity index (χ0n) is 8.14. The number of benzene rings is 1. The Morgan fingerprint density at radius 2 is 1.93 bits per heavy atom. The fraction of sp³-hybridized carbons (Fsp3) is 0.0909. The summed E-state index contributed by atoms with van der Waals surface area (Å²) in [5, 5.41) is 0. The van der Waals surface area contributed by atoms with E-state index >= 15 is 0 Å². The molecule has 0 saturated carbocycles. The molecule has 3 nitrogen and oxygen atoms in total. The van der Waals surface area contributed by atoms with E-state index < -0.39 is 5.69 Å². The van der Waals surface area contributed by atoms with Crippen LogP contribution in [0.2, 0.25) is 0 Å². The van der Waals surface area contributed by atoms with E-state index in [-0.39, 0.29) is 0 Å². The van der Waals surface area contributed by atoms with Gasteiger partial charge in [-0.2, -0.15) is 4.98 Å². The zero-order valence-corrected chi connectivity index (χ0v) is 8.90. The summed E-state index contributed by atoms with van der Waals surface area (Å²) in [4.78, 5) is 15.1. The molecule has 1 aromatic carbocycles. The van der Waals surface area contributed by atoms with Gasteiger partial charge in [0.1, 0.15) is 0 Å². The summed E-state index contributed by atoms with van der Waals surface area (Å²) in [5.74, 6) is 0. The number of aryl methyl sites for hydroxylation is 1. The fourth-order valence-corrected chi connectivity index (χ4v) is 1.57. The predicted octanol–water partition coefficient (Wildman–Crippen LogP) is 2.22. The third-order valence-corrected chi connectivity index (χ3v) is 2.39. The van der Waals surface area contributed by atoms with Gasteiger partial charge >= 0.3 is 5.69 Å². The van der Waals surface area contributed by atoms with E-state index in [2.05, 4.69) is 4.98 Å². The molecule has 0 N–H and O–H groups in total. The normalized spacial score (nSPS) is 10.3. The van der Waals surface area contributed by atoms with Crippen molar-refractivity contribution in [2.75, 3.05) is 0 Å². The van der Waals surface area contributed by atoms with Crippen LogP contribution in [0.15, 0.2) is 41.2 Å². The maximum atomic E-state index is 11.4. The summed E-state index contributed by atoms with van der Waals surface area (Å²) in [5.41, 5.74) is 1.77. The van der Waals surface area contributed by atoms with Gasteiger partial charge in [0.05, 0.1) is 5.69 Å². The highest BCUT2D eigenvalue weighted by atomic mass is 35.5. The molecule has 0 radical (unpaired) electrons. The van der Waals surface area contributed by atoms with E-state index in [1.165, 1.54) is 0 Å². The molecule has 2 rings (SSSR count). The molecule has 1 aromatic heterocycles. The van der Waals surface area contributed by atoms with Gasteiger partial charge in [-0.05, 0) is 18.6 Å². The van der Waals surface area contributed by atoms with Crippen LogP contribution >= 0.6 is 11.8 Å². The summed E-state index contributed by atoms with van der Waals surface area (Å²) in [6.45, 7) is 1.77. The van der Waals surface area contributed by atoms with Gasteiger partial charge in [-0.3, -0.25) is 0 Å².